The van der Waals surface area contributed by atoms with E-state index in [-0.39, 0.29) is 54.9 Å². The zero-order chi connectivity index (χ0) is 52.1. The summed E-state index contributed by atoms with van der Waals surface area (Å²) in [5.41, 5.74) is 7.16. The lowest BCUT2D eigenvalue weighted by Crippen LogP contribution is -2.53. The SMILES string of the molecule is Cc1c(OC2CCC(CC(F)(F)C(=O)N3CCN(c4ccc5c(C6CCC(=O)NC6=O)nn(C)c5c4)CC3)CC2)cccc1-c1ccc(N2CCc3cccc(C(=O)Nc4nc5ccccc5s4)c3C2)nc1C(=O)O. The van der Waals surface area contributed by atoms with Gasteiger partial charge < -0.3 is 24.5 Å². The summed E-state index contributed by atoms with van der Waals surface area (Å²) >= 11 is 1.41. The summed E-state index contributed by atoms with van der Waals surface area (Å²) in [4.78, 5) is 78.8. The van der Waals surface area contributed by atoms with Crippen molar-refractivity contribution in [3.8, 4) is 16.9 Å². The molecule has 4 amide bonds. The molecule has 0 spiro atoms. The molecular formula is C56H55F2N9O7S. The van der Waals surface area contributed by atoms with Crippen LogP contribution in [0.5, 0.6) is 5.75 Å². The molecule has 1 saturated carbocycles. The van der Waals surface area contributed by atoms with Crippen LogP contribution in [0.25, 0.3) is 32.2 Å². The van der Waals surface area contributed by atoms with Crippen LogP contribution in [0.3, 0.4) is 0 Å². The van der Waals surface area contributed by atoms with Gasteiger partial charge in [0.25, 0.3) is 11.8 Å². The van der Waals surface area contributed by atoms with Gasteiger partial charge in [0, 0.05) is 81.4 Å². The van der Waals surface area contributed by atoms with Gasteiger partial charge in [-0.05, 0) is 128 Å². The number of carbonyl (C=O) groups excluding carboxylic acids is 4. The average molecular weight is 1040 g/mol. The lowest BCUT2D eigenvalue weighted by atomic mass is 9.83. The van der Waals surface area contributed by atoms with Crippen LogP contribution in [0.2, 0.25) is 0 Å². The molecule has 3 N–H and O–H groups in total. The minimum absolute atomic E-state index is 0.121. The molecule has 6 heterocycles. The number of piperidine rings is 1. The Hall–Kier alpha value is -7.80. The molecule has 16 nitrogen and oxygen atoms in total. The number of imide groups is 1. The number of anilines is 3. The molecule has 4 aliphatic rings. The number of rotatable bonds is 12. The minimum Gasteiger partial charge on any atom is -0.490 e. The van der Waals surface area contributed by atoms with E-state index in [4.69, 9.17) is 4.74 Å². The van der Waals surface area contributed by atoms with Gasteiger partial charge in [0.05, 0.1) is 33.4 Å². The van der Waals surface area contributed by atoms with E-state index in [9.17, 15) is 29.1 Å². The number of aromatic carboxylic acids is 1. The number of nitrogens with zero attached hydrogens (tertiary/aromatic N) is 7. The van der Waals surface area contributed by atoms with Gasteiger partial charge in [0.2, 0.25) is 11.8 Å². The van der Waals surface area contributed by atoms with Crippen molar-refractivity contribution in [1.82, 2.24) is 30.0 Å². The van der Waals surface area contributed by atoms with E-state index in [0.29, 0.717) is 104 Å². The Morgan fingerprint density at radius 1 is 0.853 bits per heavy atom. The standard InChI is InChI=1S/C56H55F2N9O7S/c1-32-37(38-19-21-47(60-50(38)53(71)72)67-24-23-34-7-5-9-39(42(34)31-67)51(69)62-55-59-43-10-3-4-12-46(43)75-55)8-6-11-45(32)74-36-16-13-33(14-17-36)30-56(57,58)54(73)66-27-25-65(26-28-66)35-15-18-40-44(29-35)64(2)63-49(40)41-20-22-48(68)61-52(41)70/h3-12,15,18-19,21,29,33,36,41H,13-14,16-17,20,22-28,30-31H2,1-2H3,(H,71,72)(H,59,62,69)(H,61,68,70). The van der Waals surface area contributed by atoms with Gasteiger partial charge >= 0.3 is 11.9 Å². The number of para-hydroxylation sites is 1. The van der Waals surface area contributed by atoms with Gasteiger partial charge in [-0.2, -0.15) is 13.9 Å². The Kier molecular flexibility index (Phi) is 13.3. The summed E-state index contributed by atoms with van der Waals surface area (Å²) in [7, 11) is 1.79. The third-order valence-corrected chi connectivity index (χ3v) is 16.3. The Labute approximate surface area is 434 Å². The highest BCUT2D eigenvalue weighted by Gasteiger charge is 2.45. The molecule has 3 fully saturated rings. The molecule has 75 heavy (non-hydrogen) atoms. The highest BCUT2D eigenvalue weighted by molar-refractivity contribution is 7.22. The molecule has 1 unspecified atom stereocenters. The molecule has 3 aromatic heterocycles. The highest BCUT2D eigenvalue weighted by atomic mass is 32.1. The van der Waals surface area contributed by atoms with Crippen LogP contribution in [0.15, 0.2) is 91.0 Å². The zero-order valence-electron chi connectivity index (χ0n) is 41.5. The predicted octanol–water partition coefficient (Wildman–Crippen LogP) is 8.90. The minimum atomic E-state index is -3.52. The number of benzene rings is 4. The summed E-state index contributed by atoms with van der Waals surface area (Å²) in [5, 5.41) is 21.8. The van der Waals surface area contributed by atoms with Gasteiger partial charge in [-0.3, -0.25) is 34.5 Å². The first-order chi connectivity index (χ1) is 36.2. The first-order valence-electron chi connectivity index (χ1n) is 25.4. The first-order valence-corrected chi connectivity index (χ1v) is 26.2. The number of thiazole rings is 1. The average Bonchev–Trinajstić information content (AvgIpc) is 3.98. The number of carboxylic acid groups (broad SMARTS) is 1. The Morgan fingerprint density at radius 3 is 2.41 bits per heavy atom. The topological polar surface area (TPSA) is 192 Å². The lowest BCUT2D eigenvalue weighted by molar-refractivity contribution is -0.160. The molecule has 1 aliphatic carbocycles. The number of nitrogens with one attached hydrogen (secondary N) is 2. The number of fused-ring (bicyclic) bond motifs is 3. The predicted molar refractivity (Wildman–Crippen MR) is 281 cm³/mol. The third kappa shape index (κ3) is 9.88. The van der Waals surface area contributed by atoms with Crippen LogP contribution in [-0.4, -0.2) is 104 Å². The monoisotopic (exact) mass is 1040 g/mol. The van der Waals surface area contributed by atoms with E-state index in [1.54, 1.807) is 36.0 Å². The van der Waals surface area contributed by atoms with Crippen LogP contribution >= 0.6 is 11.3 Å². The number of alkyl halides is 2. The normalized spacial score (nSPS) is 19.3. The molecular weight excluding hydrogens is 981 g/mol. The highest BCUT2D eigenvalue weighted by Crippen LogP contribution is 2.40. The van der Waals surface area contributed by atoms with Crippen molar-refractivity contribution in [3.63, 3.8) is 0 Å². The van der Waals surface area contributed by atoms with E-state index >= 15 is 8.78 Å². The van der Waals surface area contributed by atoms with E-state index in [0.717, 1.165) is 43.5 Å². The van der Waals surface area contributed by atoms with Crippen molar-refractivity contribution in [1.29, 1.82) is 0 Å². The van der Waals surface area contributed by atoms with Crippen molar-refractivity contribution < 1.29 is 42.6 Å². The number of aromatic nitrogens is 4. The zero-order valence-corrected chi connectivity index (χ0v) is 42.3. The molecule has 4 aromatic carbocycles. The molecule has 2 saturated heterocycles. The van der Waals surface area contributed by atoms with Crippen molar-refractivity contribution in [3.05, 3.63) is 125 Å². The number of pyridine rings is 1. The Balaban J connectivity index is 0.690. The van der Waals surface area contributed by atoms with Gasteiger partial charge in [-0.1, -0.05) is 47.7 Å². The first kappa shape index (κ1) is 49.4. The quantitative estimate of drug-likeness (QED) is 0.0987. The number of piperazine rings is 1. The van der Waals surface area contributed by atoms with Gasteiger partial charge in [-0.25, -0.2) is 14.8 Å². The fraction of sp³-hybridized carbons (Fsp3) is 0.357. The van der Waals surface area contributed by atoms with Gasteiger partial charge in [-0.15, -0.1) is 0 Å². The maximum absolute atomic E-state index is 15.8. The van der Waals surface area contributed by atoms with Crippen molar-refractivity contribution in [2.45, 2.75) is 82.8 Å². The van der Waals surface area contributed by atoms with Crippen LogP contribution in [0.4, 0.5) is 25.4 Å². The van der Waals surface area contributed by atoms with Crippen LogP contribution in [0.1, 0.15) is 94.1 Å². The maximum atomic E-state index is 15.8. The molecule has 386 valence electrons. The molecule has 0 bridgehead atoms. The van der Waals surface area contributed by atoms with Crippen LogP contribution < -0.4 is 25.2 Å². The summed E-state index contributed by atoms with van der Waals surface area (Å²) in [6, 6.07) is 28.2. The third-order valence-electron chi connectivity index (χ3n) is 15.3. The summed E-state index contributed by atoms with van der Waals surface area (Å²) in [5.74, 6) is -6.63. The molecule has 11 rings (SSSR count). The Bertz CT molecular complexity index is 3380. The van der Waals surface area contributed by atoms with Gasteiger partial charge in [0.1, 0.15) is 11.6 Å². The number of halogens is 2. The molecule has 7 aromatic rings. The number of aryl methyl sites for hydroxylation is 1. The van der Waals surface area contributed by atoms with Crippen molar-refractivity contribution >= 4 is 78.7 Å². The van der Waals surface area contributed by atoms with Gasteiger partial charge in [0.15, 0.2) is 10.8 Å². The molecule has 19 heteroatoms. The lowest BCUT2D eigenvalue weighted by Gasteiger charge is -2.38. The van der Waals surface area contributed by atoms with Crippen molar-refractivity contribution in [2.75, 3.05) is 47.8 Å². The summed E-state index contributed by atoms with van der Waals surface area (Å²) in [6.45, 7) is 3.84. The fourth-order valence-corrected chi connectivity index (χ4v) is 12.1. The number of carboxylic acids is 1. The largest absolute Gasteiger partial charge is 0.490 e. The van der Waals surface area contributed by atoms with E-state index in [1.807, 2.05) is 78.6 Å². The Morgan fingerprint density at radius 2 is 1.64 bits per heavy atom. The van der Waals surface area contributed by atoms with Crippen LogP contribution in [-0.2, 0) is 34.4 Å². The van der Waals surface area contributed by atoms with E-state index in [2.05, 4.69) is 30.6 Å². The number of hydrogen-bond donors (Lipinski definition) is 3. The smallest absolute Gasteiger partial charge is 0.355 e. The summed E-state index contributed by atoms with van der Waals surface area (Å²) < 4.78 is 40.8. The van der Waals surface area contributed by atoms with E-state index < -0.39 is 30.1 Å². The number of ether oxygens (including phenoxy) is 1. The molecule has 3 aliphatic heterocycles. The maximum Gasteiger partial charge on any atom is 0.355 e. The second kappa shape index (κ2) is 20.1. The number of hydrogen-bond acceptors (Lipinski definition) is 12. The molecule has 1 atom stereocenters. The number of carbonyl (C=O) groups is 5. The fourth-order valence-electron chi connectivity index (χ4n) is 11.3. The van der Waals surface area contributed by atoms with Crippen molar-refractivity contribution in [2.24, 2.45) is 13.0 Å². The second-order valence-corrected chi connectivity index (χ2v) is 21.0. The number of amides is 4. The second-order valence-electron chi connectivity index (χ2n) is 20.0. The van der Waals surface area contributed by atoms with Crippen LogP contribution in [0, 0.1) is 12.8 Å². The molecule has 0 radical (unpaired) electrons. The van der Waals surface area contributed by atoms with E-state index in [1.165, 1.54) is 16.2 Å². The summed E-state index contributed by atoms with van der Waals surface area (Å²) in [6.07, 6.45) is 2.45.